The first-order valence-electron chi connectivity index (χ1n) is 10.0. The van der Waals surface area contributed by atoms with Crippen molar-refractivity contribution in [1.29, 1.82) is 0 Å². The SMILES string of the molecule is CC(F)Oc1ccc(NC(=O)c2n[nH]c3ccc(-c4cnn(C5CNC5)c4)cc23)cc1. The van der Waals surface area contributed by atoms with E-state index in [2.05, 4.69) is 25.9 Å². The summed E-state index contributed by atoms with van der Waals surface area (Å²) >= 11 is 0. The molecule has 5 rings (SSSR count). The molecular formula is C22H21FN6O2. The normalized spacial score (nSPS) is 14.9. The van der Waals surface area contributed by atoms with Crippen molar-refractivity contribution >= 4 is 22.5 Å². The number of hydrogen-bond acceptors (Lipinski definition) is 5. The molecule has 8 nitrogen and oxygen atoms in total. The van der Waals surface area contributed by atoms with Crippen molar-refractivity contribution in [2.75, 3.05) is 18.4 Å². The lowest BCUT2D eigenvalue weighted by Crippen LogP contribution is -2.43. The summed E-state index contributed by atoms with van der Waals surface area (Å²) in [4.78, 5) is 12.8. The summed E-state index contributed by atoms with van der Waals surface area (Å²) in [6, 6.07) is 12.7. The third-order valence-electron chi connectivity index (χ3n) is 5.26. The molecule has 0 radical (unpaired) electrons. The van der Waals surface area contributed by atoms with Gasteiger partial charge >= 0.3 is 0 Å². The number of rotatable bonds is 6. The fourth-order valence-corrected chi connectivity index (χ4v) is 3.51. The van der Waals surface area contributed by atoms with Crippen LogP contribution in [0.15, 0.2) is 54.9 Å². The highest BCUT2D eigenvalue weighted by atomic mass is 19.1. The van der Waals surface area contributed by atoms with E-state index < -0.39 is 6.36 Å². The van der Waals surface area contributed by atoms with Crippen molar-refractivity contribution in [3.63, 3.8) is 0 Å². The average molecular weight is 420 g/mol. The van der Waals surface area contributed by atoms with E-state index in [1.807, 2.05) is 35.3 Å². The number of anilines is 1. The van der Waals surface area contributed by atoms with Gasteiger partial charge in [-0.25, -0.2) is 4.39 Å². The number of carbonyl (C=O) groups excluding carboxylic acids is 1. The molecule has 3 N–H and O–H groups in total. The predicted molar refractivity (Wildman–Crippen MR) is 115 cm³/mol. The van der Waals surface area contributed by atoms with E-state index in [4.69, 9.17) is 4.74 Å². The Hall–Kier alpha value is -3.72. The molecule has 3 heterocycles. The number of benzene rings is 2. The molecule has 1 aliphatic rings. The summed E-state index contributed by atoms with van der Waals surface area (Å²) in [5.41, 5.74) is 3.57. The molecule has 1 fully saturated rings. The molecule has 1 aliphatic heterocycles. The summed E-state index contributed by atoms with van der Waals surface area (Å²) in [7, 11) is 0. The summed E-state index contributed by atoms with van der Waals surface area (Å²) in [5, 5.41) is 18.3. The predicted octanol–water partition coefficient (Wildman–Crippen LogP) is 3.52. The lowest BCUT2D eigenvalue weighted by molar-refractivity contribution is 0.0860. The molecular weight excluding hydrogens is 399 g/mol. The molecule has 9 heteroatoms. The zero-order valence-corrected chi connectivity index (χ0v) is 16.8. The Morgan fingerprint density at radius 1 is 1.23 bits per heavy atom. The van der Waals surface area contributed by atoms with Crippen LogP contribution in [-0.2, 0) is 0 Å². The highest BCUT2D eigenvalue weighted by Crippen LogP contribution is 2.27. The van der Waals surface area contributed by atoms with Crippen molar-refractivity contribution in [3.8, 4) is 16.9 Å². The van der Waals surface area contributed by atoms with Crippen LogP contribution in [0.5, 0.6) is 5.75 Å². The lowest BCUT2D eigenvalue weighted by atomic mass is 10.1. The monoisotopic (exact) mass is 420 g/mol. The number of halogens is 1. The van der Waals surface area contributed by atoms with Gasteiger partial charge in [0.15, 0.2) is 5.69 Å². The summed E-state index contributed by atoms with van der Waals surface area (Å²) in [5.74, 6) is 0.0493. The minimum Gasteiger partial charge on any atom is -0.461 e. The quantitative estimate of drug-likeness (QED) is 0.444. The second kappa shape index (κ2) is 7.84. The van der Waals surface area contributed by atoms with Crippen LogP contribution in [0.4, 0.5) is 10.1 Å². The molecule has 158 valence electrons. The molecule has 0 spiro atoms. The van der Waals surface area contributed by atoms with Gasteiger partial charge in [-0.1, -0.05) is 6.07 Å². The third kappa shape index (κ3) is 3.87. The average Bonchev–Trinajstić information content (AvgIpc) is 3.34. The lowest BCUT2D eigenvalue weighted by Gasteiger charge is -2.27. The largest absolute Gasteiger partial charge is 0.461 e. The van der Waals surface area contributed by atoms with Crippen LogP contribution in [-0.4, -0.2) is 45.3 Å². The van der Waals surface area contributed by atoms with Gasteiger partial charge in [-0.3, -0.25) is 14.6 Å². The topological polar surface area (TPSA) is 96.9 Å². The number of aromatic nitrogens is 4. The molecule has 1 saturated heterocycles. The molecule has 1 amide bonds. The molecule has 0 saturated carbocycles. The molecule has 2 aromatic heterocycles. The number of ether oxygens (including phenoxy) is 1. The van der Waals surface area contributed by atoms with Crippen LogP contribution < -0.4 is 15.4 Å². The minimum absolute atomic E-state index is 0.296. The number of nitrogens with one attached hydrogen (secondary N) is 3. The smallest absolute Gasteiger partial charge is 0.276 e. The van der Waals surface area contributed by atoms with Crippen LogP contribution in [0.2, 0.25) is 0 Å². The van der Waals surface area contributed by atoms with Gasteiger partial charge in [-0.05, 0) is 42.0 Å². The van der Waals surface area contributed by atoms with Gasteiger partial charge in [-0.2, -0.15) is 10.2 Å². The van der Waals surface area contributed by atoms with Crippen LogP contribution in [0, 0.1) is 0 Å². The van der Waals surface area contributed by atoms with Crippen molar-refractivity contribution in [2.24, 2.45) is 0 Å². The Balaban J connectivity index is 1.37. The van der Waals surface area contributed by atoms with Gasteiger partial charge in [0, 0.05) is 42.8 Å². The maximum atomic E-state index is 12.9. The molecule has 0 bridgehead atoms. The van der Waals surface area contributed by atoms with Crippen molar-refractivity contribution in [2.45, 2.75) is 19.3 Å². The number of carbonyl (C=O) groups is 1. The Morgan fingerprint density at radius 2 is 2.03 bits per heavy atom. The fourth-order valence-electron chi connectivity index (χ4n) is 3.51. The maximum absolute atomic E-state index is 12.9. The molecule has 1 unspecified atom stereocenters. The second-order valence-corrected chi connectivity index (χ2v) is 7.49. The van der Waals surface area contributed by atoms with Gasteiger partial charge in [0.1, 0.15) is 5.75 Å². The fraction of sp³-hybridized carbons (Fsp3) is 0.227. The summed E-state index contributed by atoms with van der Waals surface area (Å²) in [6.07, 6.45) is 2.46. The second-order valence-electron chi connectivity index (χ2n) is 7.49. The Morgan fingerprint density at radius 3 is 2.74 bits per heavy atom. The number of amides is 1. The van der Waals surface area contributed by atoms with E-state index in [-0.39, 0.29) is 5.91 Å². The van der Waals surface area contributed by atoms with Crippen LogP contribution >= 0.6 is 0 Å². The van der Waals surface area contributed by atoms with Crippen molar-refractivity contribution in [1.82, 2.24) is 25.3 Å². The van der Waals surface area contributed by atoms with Crippen molar-refractivity contribution in [3.05, 3.63) is 60.6 Å². The number of aromatic amines is 1. The van der Waals surface area contributed by atoms with E-state index >= 15 is 0 Å². The Labute approximate surface area is 177 Å². The van der Waals surface area contributed by atoms with E-state index in [9.17, 15) is 9.18 Å². The first-order valence-corrected chi connectivity index (χ1v) is 10.0. The highest BCUT2D eigenvalue weighted by Gasteiger charge is 2.20. The highest BCUT2D eigenvalue weighted by molar-refractivity contribution is 6.11. The Kier molecular flexibility index (Phi) is 4.87. The first kappa shape index (κ1) is 19.3. The summed E-state index contributed by atoms with van der Waals surface area (Å²) in [6.45, 7) is 3.15. The summed E-state index contributed by atoms with van der Waals surface area (Å²) < 4.78 is 19.9. The number of H-pyrrole nitrogens is 1. The van der Waals surface area contributed by atoms with Crippen LogP contribution in [0.1, 0.15) is 23.5 Å². The van der Waals surface area contributed by atoms with Crippen molar-refractivity contribution < 1.29 is 13.9 Å². The molecule has 1 atom stereocenters. The number of fused-ring (bicyclic) bond motifs is 1. The zero-order valence-electron chi connectivity index (χ0n) is 16.8. The van der Waals surface area contributed by atoms with Crippen LogP contribution in [0.3, 0.4) is 0 Å². The molecule has 4 aromatic rings. The van der Waals surface area contributed by atoms with Gasteiger partial charge < -0.3 is 15.4 Å². The molecule has 0 aliphatic carbocycles. The zero-order chi connectivity index (χ0) is 21.4. The van der Waals surface area contributed by atoms with E-state index in [1.165, 1.54) is 6.92 Å². The van der Waals surface area contributed by atoms with Gasteiger partial charge in [0.2, 0.25) is 6.36 Å². The Bertz CT molecular complexity index is 1230. The van der Waals surface area contributed by atoms with Crippen LogP contribution in [0.25, 0.3) is 22.0 Å². The molecule has 2 aromatic carbocycles. The number of hydrogen-bond donors (Lipinski definition) is 3. The first-order chi connectivity index (χ1) is 15.1. The third-order valence-corrected chi connectivity index (χ3v) is 5.26. The number of nitrogens with zero attached hydrogens (tertiary/aromatic N) is 3. The number of alkyl halides is 1. The van der Waals surface area contributed by atoms with Gasteiger partial charge in [0.25, 0.3) is 5.91 Å². The minimum atomic E-state index is -1.40. The van der Waals surface area contributed by atoms with E-state index in [1.54, 1.807) is 24.3 Å². The van der Waals surface area contributed by atoms with Gasteiger partial charge in [0.05, 0.1) is 17.8 Å². The maximum Gasteiger partial charge on any atom is 0.276 e. The molecule has 31 heavy (non-hydrogen) atoms. The van der Waals surface area contributed by atoms with E-state index in [0.717, 1.165) is 35.1 Å². The van der Waals surface area contributed by atoms with Gasteiger partial charge in [-0.15, -0.1) is 0 Å². The van der Waals surface area contributed by atoms with E-state index in [0.29, 0.717) is 23.2 Å². The standard InChI is InChI=1S/C22H21FN6O2/c1-13(23)31-18-5-3-16(4-6-18)26-22(30)21-19-8-14(2-7-20(19)27-28-21)15-9-25-29(12-15)17-10-24-11-17/h2-9,12-13,17,24H,10-11H2,1H3,(H,26,30)(H,27,28).